The summed E-state index contributed by atoms with van der Waals surface area (Å²) in [7, 11) is 1.62. The number of hydrogen-bond acceptors (Lipinski definition) is 6. The molecule has 0 radical (unpaired) electrons. The smallest absolute Gasteiger partial charge is 0.259 e. The molecule has 4 rings (SSSR count). The van der Waals surface area contributed by atoms with Gasteiger partial charge in [0.15, 0.2) is 0 Å². The van der Waals surface area contributed by atoms with Gasteiger partial charge in [-0.3, -0.25) is 14.4 Å². The molecule has 146 valence electrons. The second-order valence-corrected chi connectivity index (χ2v) is 7.79. The Labute approximate surface area is 166 Å². The van der Waals surface area contributed by atoms with Crippen molar-refractivity contribution in [1.29, 1.82) is 0 Å². The molecule has 4 heterocycles. The number of amides is 3. The third-order valence-electron chi connectivity index (χ3n) is 4.82. The van der Waals surface area contributed by atoms with Crippen LogP contribution in [-0.2, 0) is 17.8 Å². The minimum Gasteiger partial charge on any atom is -0.477 e. The molecule has 0 bridgehead atoms. The van der Waals surface area contributed by atoms with Crippen LogP contribution in [0.25, 0.3) is 0 Å². The zero-order chi connectivity index (χ0) is 19.8. The Bertz CT molecular complexity index is 971. The summed E-state index contributed by atoms with van der Waals surface area (Å²) in [5.74, 6) is -0.195. The molecule has 2 aromatic heterocycles. The van der Waals surface area contributed by atoms with Crippen LogP contribution in [-0.4, -0.2) is 59.2 Å². The highest BCUT2D eigenvalue weighted by atomic mass is 32.1. The minimum absolute atomic E-state index is 0.0425. The number of fused-ring (bicyclic) bond motifs is 3. The number of aromatic nitrogens is 1. The largest absolute Gasteiger partial charge is 0.477 e. The molecule has 0 atom stereocenters. The number of nitrogens with zero attached hydrogens (tertiary/aromatic N) is 3. The first-order valence-corrected chi connectivity index (χ1v) is 9.88. The van der Waals surface area contributed by atoms with E-state index in [0.29, 0.717) is 48.1 Å². The fourth-order valence-electron chi connectivity index (χ4n) is 3.51. The van der Waals surface area contributed by atoms with E-state index in [1.807, 2.05) is 6.92 Å². The maximum Gasteiger partial charge on any atom is 0.259 e. The first kappa shape index (κ1) is 18.4. The van der Waals surface area contributed by atoms with Gasteiger partial charge in [0.25, 0.3) is 11.8 Å². The van der Waals surface area contributed by atoms with Crippen LogP contribution in [0.15, 0.2) is 18.3 Å². The van der Waals surface area contributed by atoms with Crippen LogP contribution in [0, 0.1) is 0 Å². The molecule has 0 aliphatic carbocycles. The number of anilines is 1. The third kappa shape index (κ3) is 3.11. The van der Waals surface area contributed by atoms with Crippen LogP contribution in [0.5, 0.6) is 5.88 Å². The molecule has 2 aliphatic heterocycles. The van der Waals surface area contributed by atoms with Gasteiger partial charge in [0.05, 0.1) is 25.3 Å². The van der Waals surface area contributed by atoms with Gasteiger partial charge < -0.3 is 19.9 Å². The van der Waals surface area contributed by atoms with Gasteiger partial charge in [0.1, 0.15) is 10.6 Å². The SMILES string of the molecule is CCOc1ncccc1C(=O)N1CCc2c(sc3c2C(=O)N(C)CC(=O)N3)C1. The molecular formula is C19H20N4O4S. The summed E-state index contributed by atoms with van der Waals surface area (Å²) >= 11 is 1.37. The number of carbonyl (C=O) groups excluding carboxylic acids is 3. The Morgan fingerprint density at radius 1 is 1.36 bits per heavy atom. The first-order chi connectivity index (χ1) is 13.5. The number of nitrogens with one attached hydrogen (secondary N) is 1. The average Bonchev–Trinajstić information content (AvgIpc) is 2.99. The number of pyridine rings is 1. The van der Waals surface area contributed by atoms with Crippen molar-refractivity contribution >= 4 is 34.1 Å². The molecule has 0 saturated heterocycles. The lowest BCUT2D eigenvalue weighted by molar-refractivity contribution is -0.116. The monoisotopic (exact) mass is 400 g/mol. The van der Waals surface area contributed by atoms with Crippen LogP contribution < -0.4 is 10.1 Å². The molecule has 8 nitrogen and oxygen atoms in total. The number of rotatable bonds is 3. The van der Waals surface area contributed by atoms with E-state index < -0.39 is 0 Å². The van der Waals surface area contributed by atoms with Crippen molar-refractivity contribution in [3.63, 3.8) is 0 Å². The molecule has 28 heavy (non-hydrogen) atoms. The van der Waals surface area contributed by atoms with E-state index in [9.17, 15) is 14.4 Å². The summed E-state index contributed by atoms with van der Waals surface area (Å²) in [6.45, 7) is 3.19. The summed E-state index contributed by atoms with van der Waals surface area (Å²) in [6.07, 6.45) is 2.16. The fourth-order valence-corrected chi connectivity index (χ4v) is 4.78. The first-order valence-electron chi connectivity index (χ1n) is 9.06. The van der Waals surface area contributed by atoms with Crippen molar-refractivity contribution in [3.05, 3.63) is 39.9 Å². The molecule has 1 N–H and O–H groups in total. The van der Waals surface area contributed by atoms with E-state index in [1.165, 1.54) is 16.2 Å². The molecule has 9 heteroatoms. The standard InChI is InChI=1S/C19H20N4O4S/c1-3-27-16-12(5-4-7-20-16)18(25)23-8-6-11-13(9-23)28-17-15(11)19(26)22(2)10-14(24)21-17/h4-5,7H,3,6,8-10H2,1-2H3,(H,21,24). The third-order valence-corrected chi connectivity index (χ3v) is 5.95. The molecule has 2 aliphatic rings. The zero-order valence-corrected chi connectivity index (χ0v) is 16.5. The maximum atomic E-state index is 13.0. The van der Waals surface area contributed by atoms with Crippen molar-refractivity contribution in [2.45, 2.75) is 19.9 Å². The second kappa shape index (κ2) is 7.23. The summed E-state index contributed by atoms with van der Waals surface area (Å²) in [6, 6.07) is 3.42. The summed E-state index contributed by atoms with van der Waals surface area (Å²) in [5, 5.41) is 3.40. The number of carbonyl (C=O) groups is 3. The number of likely N-dealkylation sites (N-methyl/N-ethyl adjacent to an activating group) is 1. The summed E-state index contributed by atoms with van der Waals surface area (Å²) in [5.41, 5.74) is 1.92. The van der Waals surface area contributed by atoms with E-state index in [0.717, 1.165) is 10.4 Å². The molecule has 0 saturated carbocycles. The van der Waals surface area contributed by atoms with Crippen molar-refractivity contribution < 1.29 is 19.1 Å². The van der Waals surface area contributed by atoms with Gasteiger partial charge in [-0.1, -0.05) is 0 Å². The lowest BCUT2D eigenvalue weighted by Gasteiger charge is -2.28. The highest BCUT2D eigenvalue weighted by molar-refractivity contribution is 7.17. The van der Waals surface area contributed by atoms with Crippen LogP contribution in [0.3, 0.4) is 0 Å². The average molecular weight is 400 g/mol. The van der Waals surface area contributed by atoms with E-state index in [4.69, 9.17) is 4.74 Å². The van der Waals surface area contributed by atoms with E-state index >= 15 is 0 Å². The molecule has 3 amide bonds. The topological polar surface area (TPSA) is 91.8 Å². The molecule has 0 unspecified atom stereocenters. The number of hydrogen-bond donors (Lipinski definition) is 1. The predicted octanol–water partition coefficient (Wildman–Crippen LogP) is 1.76. The van der Waals surface area contributed by atoms with Crippen molar-refractivity contribution in [1.82, 2.24) is 14.8 Å². The summed E-state index contributed by atoms with van der Waals surface area (Å²) in [4.78, 5) is 46.0. The van der Waals surface area contributed by atoms with Gasteiger partial charge >= 0.3 is 0 Å². The molecule has 0 spiro atoms. The highest BCUT2D eigenvalue weighted by Gasteiger charge is 2.34. The lowest BCUT2D eigenvalue weighted by atomic mass is 10.0. The normalized spacial score (nSPS) is 16.2. The molecular weight excluding hydrogens is 380 g/mol. The van der Waals surface area contributed by atoms with Gasteiger partial charge in [0.2, 0.25) is 11.8 Å². The predicted molar refractivity (Wildman–Crippen MR) is 104 cm³/mol. The highest BCUT2D eigenvalue weighted by Crippen LogP contribution is 2.39. The van der Waals surface area contributed by atoms with Gasteiger partial charge in [-0.2, -0.15) is 0 Å². The van der Waals surface area contributed by atoms with Crippen LogP contribution >= 0.6 is 11.3 Å². The number of thiophene rings is 1. The van der Waals surface area contributed by atoms with Gasteiger partial charge in [-0.15, -0.1) is 11.3 Å². The Morgan fingerprint density at radius 2 is 2.18 bits per heavy atom. The fraction of sp³-hybridized carbons (Fsp3) is 0.368. The van der Waals surface area contributed by atoms with Crippen molar-refractivity contribution in [2.24, 2.45) is 0 Å². The zero-order valence-electron chi connectivity index (χ0n) is 15.7. The molecule has 0 aromatic carbocycles. The molecule has 0 fully saturated rings. The Hall–Kier alpha value is -2.94. The Kier molecular flexibility index (Phi) is 4.76. The van der Waals surface area contributed by atoms with Crippen molar-refractivity contribution in [2.75, 3.05) is 32.1 Å². The van der Waals surface area contributed by atoms with Gasteiger partial charge in [0, 0.05) is 24.7 Å². The van der Waals surface area contributed by atoms with E-state index in [-0.39, 0.29) is 24.3 Å². The van der Waals surface area contributed by atoms with Gasteiger partial charge in [-0.05, 0) is 31.0 Å². The maximum absolute atomic E-state index is 13.0. The lowest BCUT2D eigenvalue weighted by Crippen LogP contribution is -2.37. The van der Waals surface area contributed by atoms with Crippen LogP contribution in [0.1, 0.15) is 38.1 Å². The minimum atomic E-state index is -0.210. The Balaban J connectivity index is 1.63. The van der Waals surface area contributed by atoms with Crippen LogP contribution in [0.2, 0.25) is 0 Å². The second-order valence-electron chi connectivity index (χ2n) is 6.68. The molecule has 2 aromatic rings. The van der Waals surface area contributed by atoms with Crippen molar-refractivity contribution in [3.8, 4) is 5.88 Å². The summed E-state index contributed by atoms with van der Waals surface area (Å²) < 4.78 is 5.48. The van der Waals surface area contributed by atoms with Crippen LogP contribution in [0.4, 0.5) is 5.00 Å². The van der Waals surface area contributed by atoms with E-state index in [2.05, 4.69) is 10.3 Å². The quantitative estimate of drug-likeness (QED) is 0.848. The van der Waals surface area contributed by atoms with E-state index in [1.54, 1.807) is 30.3 Å². The van der Waals surface area contributed by atoms with Gasteiger partial charge in [-0.25, -0.2) is 4.98 Å². The Morgan fingerprint density at radius 3 is 2.96 bits per heavy atom. The number of ether oxygens (including phenoxy) is 1.